The van der Waals surface area contributed by atoms with Crippen molar-refractivity contribution in [2.75, 3.05) is 27.7 Å². The zero-order valence-electron chi connectivity index (χ0n) is 32.8. The van der Waals surface area contributed by atoms with Crippen LogP contribution in [0.1, 0.15) is 80.2 Å². The fraction of sp³-hybridized carbons (Fsp3) is 0.675. The van der Waals surface area contributed by atoms with E-state index in [9.17, 15) is 19.5 Å². The molecule has 290 valence electrons. The first kappa shape index (κ1) is 41.6. The molecule has 0 spiro atoms. The molecule has 3 aliphatic heterocycles. The third kappa shape index (κ3) is 8.97. The summed E-state index contributed by atoms with van der Waals surface area (Å²) in [5.41, 5.74) is 2.09. The Morgan fingerprint density at radius 3 is 2.38 bits per heavy atom. The Labute approximate surface area is 309 Å². The molecule has 12 atom stereocenters. The number of ketones is 1. The quantitative estimate of drug-likeness (QED) is 0.327. The van der Waals surface area contributed by atoms with Crippen LogP contribution in [0.3, 0.4) is 0 Å². The Balaban J connectivity index is 1.73. The van der Waals surface area contributed by atoms with E-state index in [0.717, 1.165) is 5.56 Å². The van der Waals surface area contributed by atoms with E-state index < -0.39 is 71.7 Å². The lowest BCUT2D eigenvalue weighted by atomic mass is 9.74. The maximum atomic E-state index is 14.6. The number of nitrogens with one attached hydrogen (secondary N) is 1. The van der Waals surface area contributed by atoms with E-state index in [-0.39, 0.29) is 30.9 Å². The Morgan fingerprint density at radius 2 is 1.77 bits per heavy atom. The third-order valence-corrected chi connectivity index (χ3v) is 11.2. The van der Waals surface area contributed by atoms with Gasteiger partial charge in [0.15, 0.2) is 11.9 Å². The molecule has 0 bridgehead atoms. The van der Waals surface area contributed by atoms with Crippen LogP contribution >= 0.6 is 0 Å². The van der Waals surface area contributed by atoms with Crippen molar-refractivity contribution in [3.8, 4) is 0 Å². The molecular weight excluding hydrogens is 666 g/mol. The lowest BCUT2D eigenvalue weighted by molar-refractivity contribution is -0.294. The summed E-state index contributed by atoms with van der Waals surface area (Å²) in [7, 11) is 5.39. The lowest BCUT2D eigenvalue weighted by Crippen LogP contribution is -2.60. The van der Waals surface area contributed by atoms with Crippen LogP contribution in [0.5, 0.6) is 0 Å². The van der Waals surface area contributed by atoms with Crippen molar-refractivity contribution >= 4 is 23.9 Å². The van der Waals surface area contributed by atoms with Gasteiger partial charge in [-0.2, -0.15) is 0 Å². The second-order valence-corrected chi connectivity index (χ2v) is 15.5. The Morgan fingerprint density at radius 1 is 1.10 bits per heavy atom. The molecule has 52 heavy (non-hydrogen) atoms. The molecule has 2 fully saturated rings. The lowest BCUT2D eigenvalue weighted by Gasteiger charge is -2.46. The zero-order valence-corrected chi connectivity index (χ0v) is 32.8. The van der Waals surface area contributed by atoms with E-state index in [1.807, 2.05) is 96.1 Å². The van der Waals surface area contributed by atoms with Gasteiger partial charge in [-0.05, 0) is 66.6 Å². The van der Waals surface area contributed by atoms with Gasteiger partial charge in [0.2, 0.25) is 0 Å². The minimum atomic E-state index is -1.35. The van der Waals surface area contributed by atoms with Crippen LogP contribution in [0.2, 0.25) is 0 Å². The first-order valence-corrected chi connectivity index (χ1v) is 18.6. The van der Waals surface area contributed by atoms with Gasteiger partial charge in [0, 0.05) is 43.0 Å². The molecule has 2 saturated heterocycles. The highest BCUT2D eigenvalue weighted by molar-refractivity contribution is 5.88. The summed E-state index contributed by atoms with van der Waals surface area (Å²) in [5, 5.41) is 12.8. The van der Waals surface area contributed by atoms with Crippen molar-refractivity contribution in [3.05, 3.63) is 53.6 Å². The third-order valence-electron chi connectivity index (χ3n) is 11.2. The number of benzene rings is 1. The van der Waals surface area contributed by atoms with E-state index in [0.29, 0.717) is 18.4 Å². The molecule has 1 aromatic carbocycles. The van der Waals surface area contributed by atoms with Gasteiger partial charge in [-0.15, -0.1) is 0 Å². The summed E-state index contributed by atoms with van der Waals surface area (Å²) in [6.07, 6.45) is 2.43. The molecule has 4 rings (SSSR count). The molecule has 12 heteroatoms. The van der Waals surface area contributed by atoms with E-state index in [4.69, 9.17) is 23.7 Å². The van der Waals surface area contributed by atoms with Crippen LogP contribution in [0.4, 0.5) is 4.79 Å². The Bertz CT molecular complexity index is 1450. The molecule has 3 aliphatic rings. The highest BCUT2D eigenvalue weighted by Crippen LogP contribution is 2.42. The molecule has 0 unspecified atom stereocenters. The van der Waals surface area contributed by atoms with Crippen LogP contribution in [0.15, 0.2) is 48.1 Å². The van der Waals surface area contributed by atoms with Crippen molar-refractivity contribution in [2.24, 2.45) is 17.8 Å². The number of aliphatic hydroxyl groups excluding tert-OH is 1. The summed E-state index contributed by atoms with van der Waals surface area (Å²) in [4.78, 5) is 43.9. The number of hydrazine groups is 1. The first-order valence-electron chi connectivity index (χ1n) is 18.6. The summed E-state index contributed by atoms with van der Waals surface area (Å²) in [6.45, 7) is 14.9. The van der Waals surface area contributed by atoms with E-state index >= 15 is 0 Å². The number of ether oxygens (including phenoxy) is 5. The van der Waals surface area contributed by atoms with Crippen molar-refractivity contribution in [1.29, 1.82) is 0 Å². The van der Waals surface area contributed by atoms with Gasteiger partial charge >= 0.3 is 12.1 Å². The number of fused-ring (bicyclic) bond motifs is 1. The molecule has 0 aliphatic carbocycles. The molecule has 12 nitrogen and oxygen atoms in total. The van der Waals surface area contributed by atoms with Gasteiger partial charge in [0.1, 0.15) is 24.0 Å². The molecule has 3 heterocycles. The SMILES string of the molecule is CC[C@H]1OC(=O)/C(C)=C/[C@H](C)[C@@H](O[C@@H]2O[C@H](C)C[C@H](N(C)C)[C@H]2O)[C@@](C)(OC)C[C@@H](C)C(=O)[C@@H](C)[C@H]2N(NC/C=C/c3ccccc3)C(=O)O[C@]12C. The molecule has 0 aromatic heterocycles. The number of rotatable bonds is 9. The number of carbonyl (C=O) groups is 3. The summed E-state index contributed by atoms with van der Waals surface area (Å²) in [5.74, 6) is -2.44. The molecule has 1 amide bonds. The minimum Gasteiger partial charge on any atom is -0.455 e. The van der Waals surface area contributed by atoms with Crippen molar-refractivity contribution in [1.82, 2.24) is 15.3 Å². The van der Waals surface area contributed by atoms with E-state index in [1.54, 1.807) is 34.0 Å². The first-order chi connectivity index (χ1) is 24.5. The number of carbonyl (C=O) groups excluding carboxylic acids is 3. The largest absolute Gasteiger partial charge is 0.455 e. The fourth-order valence-corrected chi connectivity index (χ4v) is 8.35. The van der Waals surface area contributed by atoms with E-state index in [1.165, 1.54) is 5.01 Å². The monoisotopic (exact) mass is 727 g/mol. The second-order valence-electron chi connectivity index (χ2n) is 15.5. The Hall–Kier alpha value is -3.13. The number of hydrogen-bond donors (Lipinski definition) is 2. The predicted octanol–water partition coefficient (Wildman–Crippen LogP) is 5.15. The second kappa shape index (κ2) is 17.3. The maximum absolute atomic E-state index is 14.6. The maximum Gasteiger partial charge on any atom is 0.425 e. The standard InChI is InChI=1S/C40H61N3O9/c1-12-31-40(8)34(43(38(47)52-40)41-20-16-19-29-17-14-13-15-18-29)28(6)32(44)26(4)23-39(7,48-11)35(24(2)21-25(3)36(46)50-31)51-37-33(45)30(42(9)10)22-27(5)49-37/h13-19,21,24,26-28,30-31,33-35,37,41,45H,12,20,22-23H2,1-11H3/b19-16+,25-21+/t24-,26+,27+,28+,30-,31+,33+,34+,35+,37-,39-,40+/m0/s1. The number of aliphatic hydroxyl groups is 1. The molecule has 2 N–H and O–H groups in total. The summed E-state index contributed by atoms with van der Waals surface area (Å²) >= 11 is 0. The topological polar surface area (TPSA) is 136 Å². The van der Waals surface area contributed by atoms with Gasteiger partial charge in [-0.3, -0.25) is 4.79 Å². The minimum absolute atomic E-state index is 0.115. The summed E-state index contributed by atoms with van der Waals surface area (Å²) in [6, 6.07) is 8.76. The number of nitrogens with zero attached hydrogens (tertiary/aromatic N) is 2. The van der Waals surface area contributed by atoms with Crippen LogP contribution < -0.4 is 5.43 Å². The van der Waals surface area contributed by atoms with Crippen LogP contribution in [0, 0.1) is 17.8 Å². The number of amides is 1. The van der Waals surface area contributed by atoms with Gasteiger partial charge in [0.05, 0.1) is 17.8 Å². The highest BCUT2D eigenvalue weighted by atomic mass is 16.7. The normalized spacial score (nSPS) is 39.1. The number of methoxy groups -OCH3 is 1. The van der Waals surface area contributed by atoms with Gasteiger partial charge in [-0.25, -0.2) is 20.0 Å². The average Bonchev–Trinajstić information content (AvgIpc) is 3.36. The number of esters is 1. The smallest absolute Gasteiger partial charge is 0.425 e. The molecule has 1 aromatic rings. The fourth-order valence-electron chi connectivity index (χ4n) is 8.35. The molecule has 0 saturated carbocycles. The number of cyclic esters (lactones) is 1. The highest BCUT2D eigenvalue weighted by Gasteiger charge is 2.60. The van der Waals surface area contributed by atoms with Gasteiger partial charge in [0.25, 0.3) is 0 Å². The van der Waals surface area contributed by atoms with E-state index in [2.05, 4.69) is 5.43 Å². The summed E-state index contributed by atoms with van der Waals surface area (Å²) < 4.78 is 31.3. The molecular formula is C40H61N3O9. The van der Waals surface area contributed by atoms with Crippen molar-refractivity contribution in [3.63, 3.8) is 0 Å². The predicted molar refractivity (Wildman–Crippen MR) is 198 cm³/mol. The zero-order chi connectivity index (χ0) is 38.5. The van der Waals surface area contributed by atoms with Crippen molar-refractivity contribution in [2.45, 2.75) is 129 Å². The molecule has 0 radical (unpaired) electrons. The van der Waals surface area contributed by atoms with Crippen LogP contribution in [0.25, 0.3) is 6.08 Å². The van der Waals surface area contributed by atoms with Crippen LogP contribution in [-0.2, 0) is 33.3 Å². The number of Topliss-reactive ketones (excluding diaryl/α,β-unsaturated/α-hetero) is 1. The Kier molecular flexibility index (Phi) is 13.9. The number of likely N-dealkylation sites (N-methyl/N-ethyl adjacent to an activating group) is 1. The van der Waals surface area contributed by atoms with Gasteiger partial charge in [-0.1, -0.05) is 76.3 Å². The average molecular weight is 728 g/mol. The van der Waals surface area contributed by atoms with Crippen LogP contribution in [-0.4, -0.2) is 115 Å². The number of hydrogen-bond acceptors (Lipinski definition) is 11. The van der Waals surface area contributed by atoms with Crippen molar-refractivity contribution < 1.29 is 43.2 Å². The van der Waals surface area contributed by atoms with Gasteiger partial charge < -0.3 is 33.7 Å².